The zero-order valence-corrected chi connectivity index (χ0v) is 7.23. The van der Waals surface area contributed by atoms with Crippen molar-refractivity contribution in [2.45, 2.75) is 19.4 Å². The zero-order chi connectivity index (χ0) is 8.97. The molecular weight excluding hydrogens is 158 g/mol. The molecule has 12 heavy (non-hydrogen) atoms. The van der Waals surface area contributed by atoms with E-state index in [2.05, 4.69) is 20.8 Å². The Kier molecular flexibility index (Phi) is 2.98. The number of aliphatic hydroxyl groups is 1. The van der Waals surface area contributed by atoms with Gasteiger partial charge in [-0.25, -0.2) is 4.68 Å². The van der Waals surface area contributed by atoms with Gasteiger partial charge in [0.1, 0.15) is 0 Å². The fourth-order valence-corrected chi connectivity index (χ4v) is 0.811. The standard InChI is InChI=1S/C6H13N5O/c1-3-5(4-12)7-6-8-9-10-11(6)2/h5,12H,3-4H2,1-2H3,(H,7,8,10). The number of hydrogen-bond donors (Lipinski definition) is 2. The highest BCUT2D eigenvalue weighted by molar-refractivity contribution is 5.22. The van der Waals surface area contributed by atoms with Crippen LogP contribution >= 0.6 is 0 Å². The minimum Gasteiger partial charge on any atom is -0.394 e. The molecule has 6 heteroatoms. The molecule has 68 valence electrons. The first-order valence-electron chi connectivity index (χ1n) is 3.87. The number of rotatable bonds is 4. The van der Waals surface area contributed by atoms with Gasteiger partial charge in [-0.3, -0.25) is 0 Å². The molecule has 0 fully saturated rings. The SMILES string of the molecule is CCC(CO)Nc1nnnn1C. The fourth-order valence-electron chi connectivity index (χ4n) is 0.811. The van der Waals surface area contributed by atoms with Crippen LogP contribution in [0, 0.1) is 0 Å². The molecule has 1 heterocycles. The second-order valence-electron chi connectivity index (χ2n) is 2.56. The van der Waals surface area contributed by atoms with Crippen LogP contribution in [0.2, 0.25) is 0 Å². The van der Waals surface area contributed by atoms with Gasteiger partial charge >= 0.3 is 0 Å². The Hall–Kier alpha value is -1.17. The van der Waals surface area contributed by atoms with E-state index < -0.39 is 0 Å². The van der Waals surface area contributed by atoms with E-state index in [1.54, 1.807) is 7.05 Å². The van der Waals surface area contributed by atoms with Gasteiger partial charge in [-0.1, -0.05) is 12.0 Å². The molecule has 0 bridgehead atoms. The molecule has 0 spiro atoms. The third-order valence-corrected chi connectivity index (χ3v) is 1.67. The highest BCUT2D eigenvalue weighted by Gasteiger charge is 2.07. The van der Waals surface area contributed by atoms with Crippen LogP contribution in [-0.2, 0) is 7.05 Å². The van der Waals surface area contributed by atoms with E-state index >= 15 is 0 Å². The Labute approximate surface area is 70.6 Å². The molecule has 0 aliphatic rings. The van der Waals surface area contributed by atoms with Crippen molar-refractivity contribution in [3.63, 3.8) is 0 Å². The number of tetrazole rings is 1. The van der Waals surface area contributed by atoms with E-state index in [9.17, 15) is 0 Å². The largest absolute Gasteiger partial charge is 0.394 e. The summed E-state index contributed by atoms with van der Waals surface area (Å²) >= 11 is 0. The van der Waals surface area contributed by atoms with E-state index in [4.69, 9.17) is 5.11 Å². The van der Waals surface area contributed by atoms with Crippen molar-refractivity contribution in [3.8, 4) is 0 Å². The average Bonchev–Trinajstić information content (AvgIpc) is 2.47. The van der Waals surface area contributed by atoms with Crippen molar-refractivity contribution in [1.29, 1.82) is 0 Å². The van der Waals surface area contributed by atoms with Gasteiger partial charge in [0, 0.05) is 7.05 Å². The lowest BCUT2D eigenvalue weighted by Gasteiger charge is -2.12. The Morgan fingerprint density at radius 3 is 2.83 bits per heavy atom. The first-order valence-corrected chi connectivity index (χ1v) is 3.87. The number of nitrogens with zero attached hydrogens (tertiary/aromatic N) is 4. The molecule has 0 saturated carbocycles. The van der Waals surface area contributed by atoms with Crippen LogP contribution in [0.4, 0.5) is 5.95 Å². The molecule has 6 nitrogen and oxygen atoms in total. The maximum atomic E-state index is 8.88. The summed E-state index contributed by atoms with van der Waals surface area (Å²) in [4.78, 5) is 0. The van der Waals surface area contributed by atoms with Crippen LogP contribution in [0.25, 0.3) is 0 Å². The number of hydrogen-bond acceptors (Lipinski definition) is 5. The fraction of sp³-hybridized carbons (Fsp3) is 0.833. The van der Waals surface area contributed by atoms with Crippen LogP contribution in [-0.4, -0.2) is 38.0 Å². The van der Waals surface area contributed by atoms with Gasteiger partial charge in [-0.2, -0.15) is 0 Å². The van der Waals surface area contributed by atoms with Crippen molar-refractivity contribution in [2.75, 3.05) is 11.9 Å². The van der Waals surface area contributed by atoms with Gasteiger partial charge in [0.15, 0.2) is 0 Å². The molecule has 1 unspecified atom stereocenters. The Morgan fingerprint density at radius 2 is 2.42 bits per heavy atom. The lowest BCUT2D eigenvalue weighted by atomic mass is 10.2. The van der Waals surface area contributed by atoms with Gasteiger partial charge in [-0.05, 0) is 16.8 Å². The molecule has 0 saturated heterocycles. The predicted octanol–water partition coefficient (Wildman–Crippen LogP) is -0.607. The van der Waals surface area contributed by atoms with Crippen LogP contribution in [0.5, 0.6) is 0 Å². The monoisotopic (exact) mass is 171 g/mol. The quantitative estimate of drug-likeness (QED) is 0.632. The Balaban J connectivity index is 2.56. The number of anilines is 1. The van der Waals surface area contributed by atoms with E-state index in [-0.39, 0.29) is 12.6 Å². The van der Waals surface area contributed by atoms with Crippen molar-refractivity contribution in [3.05, 3.63) is 0 Å². The van der Waals surface area contributed by atoms with Crippen molar-refractivity contribution in [1.82, 2.24) is 20.2 Å². The minimum atomic E-state index is 0.0229. The van der Waals surface area contributed by atoms with Gasteiger partial charge in [0.2, 0.25) is 5.95 Å². The molecule has 1 aromatic heterocycles. The third-order valence-electron chi connectivity index (χ3n) is 1.67. The third kappa shape index (κ3) is 1.91. The van der Waals surface area contributed by atoms with Crippen LogP contribution < -0.4 is 5.32 Å². The van der Waals surface area contributed by atoms with Gasteiger partial charge < -0.3 is 10.4 Å². The summed E-state index contributed by atoms with van der Waals surface area (Å²) in [6, 6.07) is 0.0229. The molecule has 1 aromatic rings. The van der Waals surface area contributed by atoms with E-state index in [0.29, 0.717) is 5.95 Å². The van der Waals surface area contributed by atoms with E-state index in [0.717, 1.165) is 6.42 Å². The molecular formula is C6H13N5O. The van der Waals surface area contributed by atoms with Crippen LogP contribution in [0.15, 0.2) is 0 Å². The summed E-state index contributed by atoms with van der Waals surface area (Å²) in [5.41, 5.74) is 0. The van der Waals surface area contributed by atoms with Crippen LogP contribution in [0.1, 0.15) is 13.3 Å². The molecule has 0 aliphatic carbocycles. The molecule has 0 aliphatic heterocycles. The Morgan fingerprint density at radius 1 is 1.67 bits per heavy atom. The summed E-state index contributed by atoms with van der Waals surface area (Å²) < 4.78 is 1.53. The minimum absolute atomic E-state index is 0.0229. The molecule has 0 amide bonds. The van der Waals surface area contributed by atoms with Gasteiger partial charge in [-0.15, -0.1) is 0 Å². The summed E-state index contributed by atoms with van der Waals surface area (Å²) in [6.45, 7) is 2.07. The summed E-state index contributed by atoms with van der Waals surface area (Å²) in [5, 5.41) is 22.7. The Bertz CT molecular complexity index is 232. The second kappa shape index (κ2) is 4.01. The van der Waals surface area contributed by atoms with E-state index in [1.165, 1.54) is 4.68 Å². The molecule has 1 rings (SSSR count). The summed E-state index contributed by atoms with van der Waals surface area (Å²) in [6.07, 6.45) is 0.837. The van der Waals surface area contributed by atoms with Crippen molar-refractivity contribution < 1.29 is 5.11 Å². The topological polar surface area (TPSA) is 75.9 Å². The van der Waals surface area contributed by atoms with Crippen LogP contribution in [0.3, 0.4) is 0 Å². The number of aromatic nitrogens is 4. The average molecular weight is 171 g/mol. The molecule has 2 N–H and O–H groups in total. The highest BCUT2D eigenvalue weighted by Crippen LogP contribution is 2.01. The first-order chi connectivity index (χ1) is 5.77. The maximum absolute atomic E-state index is 8.88. The number of aliphatic hydroxyl groups excluding tert-OH is 1. The van der Waals surface area contributed by atoms with Crippen molar-refractivity contribution in [2.24, 2.45) is 7.05 Å². The normalized spacial score (nSPS) is 12.9. The second-order valence-corrected chi connectivity index (χ2v) is 2.56. The molecule has 1 atom stereocenters. The lowest BCUT2D eigenvalue weighted by Crippen LogP contribution is -2.24. The van der Waals surface area contributed by atoms with Crippen molar-refractivity contribution >= 4 is 5.95 Å². The summed E-state index contributed by atoms with van der Waals surface area (Å²) in [5.74, 6) is 0.580. The first kappa shape index (κ1) is 8.92. The van der Waals surface area contributed by atoms with Gasteiger partial charge in [0.25, 0.3) is 0 Å². The van der Waals surface area contributed by atoms with E-state index in [1.807, 2.05) is 6.92 Å². The summed E-state index contributed by atoms with van der Waals surface area (Å²) in [7, 11) is 1.74. The zero-order valence-electron chi connectivity index (χ0n) is 7.23. The number of nitrogens with one attached hydrogen (secondary N) is 1. The predicted molar refractivity (Wildman–Crippen MR) is 43.6 cm³/mol. The molecule has 0 aromatic carbocycles. The van der Waals surface area contributed by atoms with Gasteiger partial charge in [0.05, 0.1) is 12.6 Å². The molecule has 0 radical (unpaired) electrons. The lowest BCUT2D eigenvalue weighted by molar-refractivity contribution is 0.271. The highest BCUT2D eigenvalue weighted by atomic mass is 16.3. The maximum Gasteiger partial charge on any atom is 0.242 e. The number of aryl methyl sites for hydroxylation is 1. The smallest absolute Gasteiger partial charge is 0.242 e.